The van der Waals surface area contributed by atoms with Crippen LogP contribution in [0.3, 0.4) is 0 Å². The lowest BCUT2D eigenvalue weighted by Gasteiger charge is -2.18. The highest BCUT2D eigenvalue weighted by Crippen LogP contribution is 2.28. The van der Waals surface area contributed by atoms with Gasteiger partial charge in [0.15, 0.2) is 0 Å². The number of ether oxygens (including phenoxy) is 1. The molecule has 2 rings (SSSR count). The Bertz CT molecular complexity index is 308. The summed E-state index contributed by atoms with van der Waals surface area (Å²) in [4.78, 5) is 0. The maximum absolute atomic E-state index is 5.97. The summed E-state index contributed by atoms with van der Waals surface area (Å²) in [6.07, 6.45) is 2.78. The zero-order valence-corrected chi connectivity index (χ0v) is 8.68. The van der Waals surface area contributed by atoms with Crippen LogP contribution in [0.25, 0.3) is 0 Å². The summed E-state index contributed by atoms with van der Waals surface area (Å²) in [5, 5.41) is 4.28. The molecule has 2 atom stereocenters. The molecule has 0 radical (unpaired) electrons. The first-order chi connectivity index (χ1) is 6.70. The fraction of sp³-hybridized carbons (Fsp3) is 0.700. The Labute approximate surface area is 84.0 Å². The maximum Gasteiger partial charge on any atom is 0.114 e. The van der Waals surface area contributed by atoms with Gasteiger partial charge in [-0.2, -0.15) is 5.10 Å². The van der Waals surface area contributed by atoms with E-state index in [0.29, 0.717) is 6.04 Å². The first-order valence-corrected chi connectivity index (χ1v) is 5.10. The van der Waals surface area contributed by atoms with Gasteiger partial charge in [0.25, 0.3) is 0 Å². The minimum absolute atomic E-state index is 0.0277. The molecule has 2 N–H and O–H groups in total. The van der Waals surface area contributed by atoms with Crippen molar-refractivity contribution >= 4 is 0 Å². The summed E-state index contributed by atoms with van der Waals surface area (Å²) in [5.74, 6) is 0. The lowest BCUT2D eigenvalue weighted by Crippen LogP contribution is -2.26. The van der Waals surface area contributed by atoms with Crippen molar-refractivity contribution in [2.75, 3.05) is 6.61 Å². The quantitative estimate of drug-likeness (QED) is 0.772. The number of nitrogens with two attached hydrogens (primary N) is 1. The van der Waals surface area contributed by atoms with Gasteiger partial charge in [-0.25, -0.2) is 0 Å². The molecule has 4 nitrogen and oxygen atoms in total. The van der Waals surface area contributed by atoms with E-state index in [0.717, 1.165) is 18.7 Å². The molecule has 1 aromatic rings. The van der Waals surface area contributed by atoms with E-state index in [4.69, 9.17) is 10.5 Å². The minimum Gasteiger partial charge on any atom is -0.370 e. The van der Waals surface area contributed by atoms with Crippen molar-refractivity contribution in [3.8, 4) is 0 Å². The third-order valence-corrected chi connectivity index (χ3v) is 2.62. The summed E-state index contributed by atoms with van der Waals surface area (Å²) in [5.41, 5.74) is 7.07. The highest BCUT2D eigenvalue weighted by molar-refractivity contribution is 5.10. The van der Waals surface area contributed by atoms with Crippen molar-refractivity contribution in [3.63, 3.8) is 0 Å². The number of hydrogen-bond acceptors (Lipinski definition) is 3. The van der Waals surface area contributed by atoms with Gasteiger partial charge in [-0.1, -0.05) is 0 Å². The molecule has 0 amide bonds. The number of aromatic nitrogens is 2. The van der Waals surface area contributed by atoms with Crippen LogP contribution in [0, 0.1) is 0 Å². The molecule has 1 aliphatic rings. The van der Waals surface area contributed by atoms with E-state index in [-0.39, 0.29) is 12.1 Å². The summed E-state index contributed by atoms with van der Waals surface area (Å²) < 4.78 is 7.60. The standard InChI is InChI=1S/C10H17N3O/c1-7(2)13-9(3-5-12-13)10-8(11)4-6-14-10/h3,5,7-8,10H,4,6,11H2,1-2H3. The van der Waals surface area contributed by atoms with Gasteiger partial charge in [0.2, 0.25) is 0 Å². The Morgan fingerprint density at radius 3 is 3.00 bits per heavy atom. The molecule has 2 unspecified atom stereocenters. The summed E-state index contributed by atoms with van der Waals surface area (Å²) in [6.45, 7) is 4.98. The monoisotopic (exact) mass is 195 g/mol. The molecule has 14 heavy (non-hydrogen) atoms. The van der Waals surface area contributed by atoms with Gasteiger partial charge in [0, 0.05) is 24.9 Å². The molecule has 1 fully saturated rings. The SMILES string of the molecule is CC(C)n1nccc1C1OCCC1N. The van der Waals surface area contributed by atoms with E-state index in [9.17, 15) is 0 Å². The van der Waals surface area contributed by atoms with Crippen LogP contribution in [0.4, 0.5) is 0 Å². The van der Waals surface area contributed by atoms with E-state index < -0.39 is 0 Å². The molecule has 0 aliphatic carbocycles. The molecule has 1 saturated heterocycles. The molecule has 0 aromatic carbocycles. The second-order valence-corrected chi connectivity index (χ2v) is 4.04. The first-order valence-electron chi connectivity index (χ1n) is 5.10. The van der Waals surface area contributed by atoms with Crippen molar-refractivity contribution in [2.45, 2.75) is 38.5 Å². The van der Waals surface area contributed by atoms with E-state index >= 15 is 0 Å². The van der Waals surface area contributed by atoms with Gasteiger partial charge >= 0.3 is 0 Å². The van der Waals surface area contributed by atoms with Crippen LogP contribution >= 0.6 is 0 Å². The first kappa shape index (κ1) is 9.68. The number of hydrogen-bond donors (Lipinski definition) is 1. The van der Waals surface area contributed by atoms with Gasteiger partial charge in [-0.15, -0.1) is 0 Å². The lowest BCUT2D eigenvalue weighted by molar-refractivity contribution is 0.0963. The maximum atomic E-state index is 5.97. The second kappa shape index (κ2) is 3.71. The molecule has 0 saturated carbocycles. The number of rotatable bonds is 2. The minimum atomic E-state index is 0.0277. The molecule has 0 bridgehead atoms. The third kappa shape index (κ3) is 1.55. The van der Waals surface area contributed by atoms with Crippen LogP contribution in [0.5, 0.6) is 0 Å². The summed E-state index contributed by atoms with van der Waals surface area (Å²) in [6, 6.07) is 2.47. The van der Waals surface area contributed by atoms with Crippen molar-refractivity contribution < 1.29 is 4.74 Å². The van der Waals surface area contributed by atoms with Crippen LogP contribution in [0.2, 0.25) is 0 Å². The van der Waals surface area contributed by atoms with Crippen LogP contribution in [0.15, 0.2) is 12.3 Å². The largest absolute Gasteiger partial charge is 0.370 e. The Morgan fingerprint density at radius 1 is 1.64 bits per heavy atom. The fourth-order valence-electron chi connectivity index (χ4n) is 1.89. The highest BCUT2D eigenvalue weighted by Gasteiger charge is 2.29. The Balaban J connectivity index is 2.26. The van der Waals surface area contributed by atoms with E-state index in [2.05, 4.69) is 18.9 Å². The average molecular weight is 195 g/mol. The fourth-order valence-corrected chi connectivity index (χ4v) is 1.89. The molecular formula is C10H17N3O. The Hall–Kier alpha value is -0.870. The van der Waals surface area contributed by atoms with Gasteiger partial charge in [-0.3, -0.25) is 4.68 Å². The number of nitrogens with zero attached hydrogens (tertiary/aromatic N) is 2. The van der Waals surface area contributed by atoms with Crippen LogP contribution in [0.1, 0.15) is 38.1 Å². The molecule has 1 aliphatic heterocycles. The van der Waals surface area contributed by atoms with Crippen molar-refractivity contribution in [1.82, 2.24) is 9.78 Å². The van der Waals surface area contributed by atoms with Crippen LogP contribution in [-0.4, -0.2) is 22.4 Å². The van der Waals surface area contributed by atoms with Crippen LogP contribution < -0.4 is 5.73 Å². The molecule has 2 heterocycles. The lowest BCUT2D eigenvalue weighted by atomic mass is 10.1. The topological polar surface area (TPSA) is 53.1 Å². The molecule has 0 spiro atoms. The molecule has 4 heteroatoms. The van der Waals surface area contributed by atoms with Crippen LogP contribution in [-0.2, 0) is 4.74 Å². The van der Waals surface area contributed by atoms with Gasteiger partial charge in [-0.05, 0) is 26.3 Å². The molecular weight excluding hydrogens is 178 g/mol. The third-order valence-electron chi connectivity index (χ3n) is 2.62. The van der Waals surface area contributed by atoms with Gasteiger partial charge in [0.05, 0.1) is 5.69 Å². The van der Waals surface area contributed by atoms with E-state index in [1.54, 1.807) is 0 Å². The second-order valence-electron chi connectivity index (χ2n) is 4.04. The highest BCUT2D eigenvalue weighted by atomic mass is 16.5. The van der Waals surface area contributed by atoms with Crippen molar-refractivity contribution in [3.05, 3.63) is 18.0 Å². The van der Waals surface area contributed by atoms with Crippen molar-refractivity contribution in [1.29, 1.82) is 0 Å². The normalized spacial score (nSPS) is 27.4. The average Bonchev–Trinajstić information content (AvgIpc) is 2.70. The zero-order valence-electron chi connectivity index (χ0n) is 8.68. The predicted octanol–water partition coefficient (Wildman–Crippen LogP) is 1.25. The van der Waals surface area contributed by atoms with E-state index in [1.807, 2.05) is 16.9 Å². The van der Waals surface area contributed by atoms with Gasteiger partial charge in [0.1, 0.15) is 6.10 Å². The summed E-state index contributed by atoms with van der Waals surface area (Å²) in [7, 11) is 0. The van der Waals surface area contributed by atoms with Crippen molar-refractivity contribution in [2.24, 2.45) is 5.73 Å². The molecule has 78 valence electrons. The Kier molecular flexibility index (Phi) is 2.56. The Morgan fingerprint density at radius 2 is 2.43 bits per heavy atom. The predicted molar refractivity (Wildman–Crippen MR) is 53.9 cm³/mol. The van der Waals surface area contributed by atoms with E-state index in [1.165, 1.54) is 0 Å². The zero-order chi connectivity index (χ0) is 10.1. The van der Waals surface area contributed by atoms with Gasteiger partial charge < -0.3 is 10.5 Å². The molecule has 1 aromatic heterocycles. The summed E-state index contributed by atoms with van der Waals surface area (Å²) >= 11 is 0. The smallest absolute Gasteiger partial charge is 0.114 e.